The first-order chi connectivity index (χ1) is 8.13. The van der Waals surface area contributed by atoms with Crippen molar-refractivity contribution in [3.8, 4) is 0 Å². The summed E-state index contributed by atoms with van der Waals surface area (Å²) in [6, 6.07) is 6.47. The van der Waals surface area contributed by atoms with Crippen molar-refractivity contribution in [1.29, 1.82) is 0 Å². The third kappa shape index (κ3) is 4.65. The lowest BCUT2D eigenvalue weighted by molar-refractivity contribution is -0.116. The summed E-state index contributed by atoms with van der Waals surface area (Å²) in [6.07, 6.45) is 1.59. The molecule has 0 aliphatic heterocycles. The molecule has 92 valence electrons. The molecule has 17 heavy (non-hydrogen) atoms. The Kier molecular flexibility index (Phi) is 5.16. The number of nitrogens with two attached hydrogens (primary N) is 1. The van der Waals surface area contributed by atoms with Crippen LogP contribution in [0.1, 0.15) is 29.6 Å². The van der Waals surface area contributed by atoms with Gasteiger partial charge in [0.2, 0.25) is 11.8 Å². The summed E-state index contributed by atoms with van der Waals surface area (Å²) < 4.78 is 0. The van der Waals surface area contributed by atoms with Crippen LogP contribution in [-0.4, -0.2) is 23.5 Å². The summed E-state index contributed by atoms with van der Waals surface area (Å²) in [5, 5.41) is 11.3. The monoisotopic (exact) mass is 236 g/mol. The zero-order chi connectivity index (χ0) is 12.7. The van der Waals surface area contributed by atoms with E-state index in [-0.39, 0.29) is 12.5 Å². The van der Waals surface area contributed by atoms with Crippen LogP contribution in [0.25, 0.3) is 0 Å². The topological polar surface area (TPSA) is 92.4 Å². The van der Waals surface area contributed by atoms with Gasteiger partial charge in [0.15, 0.2) is 0 Å². The Morgan fingerprint density at radius 3 is 2.71 bits per heavy atom. The minimum absolute atomic E-state index is 0.0877. The van der Waals surface area contributed by atoms with Crippen molar-refractivity contribution in [2.75, 3.05) is 11.9 Å². The maximum atomic E-state index is 11.5. The SMILES string of the molecule is NC(=O)c1cccc(NC(=O)CCCCO)c1. The first-order valence-electron chi connectivity index (χ1n) is 5.44. The van der Waals surface area contributed by atoms with Crippen molar-refractivity contribution in [3.05, 3.63) is 29.8 Å². The minimum atomic E-state index is -0.527. The maximum Gasteiger partial charge on any atom is 0.248 e. The van der Waals surface area contributed by atoms with E-state index < -0.39 is 5.91 Å². The molecule has 5 nitrogen and oxygen atoms in total. The molecule has 0 atom stereocenters. The predicted octanol–water partition coefficient (Wildman–Crippen LogP) is 0.887. The van der Waals surface area contributed by atoms with Crippen molar-refractivity contribution >= 4 is 17.5 Å². The lowest BCUT2D eigenvalue weighted by Crippen LogP contribution is -2.14. The van der Waals surface area contributed by atoms with Crippen LogP contribution in [0, 0.1) is 0 Å². The third-order valence-electron chi connectivity index (χ3n) is 2.24. The molecule has 0 saturated heterocycles. The highest BCUT2D eigenvalue weighted by atomic mass is 16.3. The number of hydrogen-bond donors (Lipinski definition) is 3. The third-order valence-corrected chi connectivity index (χ3v) is 2.24. The van der Waals surface area contributed by atoms with E-state index in [1.54, 1.807) is 18.2 Å². The minimum Gasteiger partial charge on any atom is -0.396 e. The van der Waals surface area contributed by atoms with Crippen molar-refractivity contribution < 1.29 is 14.7 Å². The molecule has 4 N–H and O–H groups in total. The van der Waals surface area contributed by atoms with Crippen LogP contribution in [0.3, 0.4) is 0 Å². The van der Waals surface area contributed by atoms with Crippen LogP contribution in [0.15, 0.2) is 24.3 Å². The fraction of sp³-hybridized carbons (Fsp3) is 0.333. The molecule has 0 aliphatic rings. The standard InChI is InChI=1S/C12H16N2O3/c13-12(17)9-4-3-5-10(8-9)14-11(16)6-1-2-7-15/h3-5,8,15H,1-2,6-7H2,(H2,13,17)(H,14,16). The molecular weight excluding hydrogens is 220 g/mol. The summed E-state index contributed by atoms with van der Waals surface area (Å²) in [5.74, 6) is -0.665. The lowest BCUT2D eigenvalue weighted by atomic mass is 10.2. The van der Waals surface area contributed by atoms with Gasteiger partial charge >= 0.3 is 0 Å². The Morgan fingerprint density at radius 2 is 2.06 bits per heavy atom. The summed E-state index contributed by atoms with van der Waals surface area (Å²) in [4.78, 5) is 22.4. The summed E-state index contributed by atoms with van der Waals surface area (Å²) in [7, 11) is 0. The van der Waals surface area contributed by atoms with Gasteiger partial charge in [-0.05, 0) is 31.0 Å². The van der Waals surface area contributed by atoms with E-state index in [2.05, 4.69) is 5.32 Å². The quantitative estimate of drug-likeness (QED) is 0.640. The Morgan fingerprint density at radius 1 is 1.29 bits per heavy atom. The van der Waals surface area contributed by atoms with Gasteiger partial charge in [-0.1, -0.05) is 6.07 Å². The number of primary amides is 1. The van der Waals surface area contributed by atoms with E-state index in [0.717, 1.165) is 0 Å². The number of hydrogen-bond acceptors (Lipinski definition) is 3. The van der Waals surface area contributed by atoms with Gasteiger partial charge in [-0.3, -0.25) is 9.59 Å². The van der Waals surface area contributed by atoms with Crippen molar-refractivity contribution in [2.24, 2.45) is 5.73 Å². The van der Waals surface area contributed by atoms with Gasteiger partial charge in [-0.2, -0.15) is 0 Å². The Balaban J connectivity index is 2.53. The number of nitrogens with one attached hydrogen (secondary N) is 1. The molecule has 1 aromatic carbocycles. The summed E-state index contributed by atoms with van der Waals surface area (Å²) in [5.41, 5.74) is 6.04. The highest BCUT2D eigenvalue weighted by Crippen LogP contribution is 2.11. The fourth-order valence-corrected chi connectivity index (χ4v) is 1.37. The normalized spacial score (nSPS) is 9.94. The predicted molar refractivity (Wildman–Crippen MR) is 64.5 cm³/mol. The zero-order valence-electron chi connectivity index (χ0n) is 9.48. The van der Waals surface area contributed by atoms with Gasteiger partial charge in [0.25, 0.3) is 0 Å². The number of aliphatic hydroxyl groups is 1. The molecule has 2 amide bonds. The molecule has 0 bridgehead atoms. The van der Waals surface area contributed by atoms with Gasteiger partial charge in [0.05, 0.1) is 0 Å². The molecule has 0 heterocycles. The van der Waals surface area contributed by atoms with Crippen LogP contribution in [0.2, 0.25) is 0 Å². The number of anilines is 1. The van der Waals surface area contributed by atoms with E-state index in [1.165, 1.54) is 6.07 Å². The van der Waals surface area contributed by atoms with E-state index >= 15 is 0 Å². The van der Waals surface area contributed by atoms with Crippen LogP contribution >= 0.6 is 0 Å². The maximum absolute atomic E-state index is 11.5. The molecule has 1 aromatic rings. The highest BCUT2D eigenvalue weighted by molar-refractivity contribution is 5.96. The molecule has 0 radical (unpaired) electrons. The fourth-order valence-electron chi connectivity index (χ4n) is 1.37. The molecule has 1 rings (SSSR count). The van der Waals surface area contributed by atoms with Crippen LogP contribution in [0.4, 0.5) is 5.69 Å². The summed E-state index contributed by atoms with van der Waals surface area (Å²) in [6.45, 7) is 0.0877. The van der Waals surface area contributed by atoms with Gasteiger partial charge < -0.3 is 16.2 Å². The first kappa shape index (κ1) is 13.2. The number of benzene rings is 1. The van der Waals surface area contributed by atoms with Crippen LogP contribution in [-0.2, 0) is 4.79 Å². The number of amides is 2. The molecule has 0 saturated carbocycles. The molecule has 0 aromatic heterocycles. The number of carbonyl (C=O) groups is 2. The Labute approximate surface area is 99.6 Å². The van der Waals surface area contributed by atoms with Crippen molar-refractivity contribution in [3.63, 3.8) is 0 Å². The average molecular weight is 236 g/mol. The molecule has 0 aliphatic carbocycles. The Bertz CT molecular complexity index is 404. The first-order valence-corrected chi connectivity index (χ1v) is 5.44. The van der Waals surface area contributed by atoms with Gasteiger partial charge in [-0.15, -0.1) is 0 Å². The van der Waals surface area contributed by atoms with Gasteiger partial charge in [0, 0.05) is 24.3 Å². The van der Waals surface area contributed by atoms with E-state index in [0.29, 0.717) is 30.5 Å². The van der Waals surface area contributed by atoms with Gasteiger partial charge in [0.1, 0.15) is 0 Å². The smallest absolute Gasteiger partial charge is 0.248 e. The van der Waals surface area contributed by atoms with Crippen LogP contribution < -0.4 is 11.1 Å². The lowest BCUT2D eigenvalue weighted by Gasteiger charge is -2.05. The summed E-state index contributed by atoms with van der Waals surface area (Å²) >= 11 is 0. The Hall–Kier alpha value is -1.88. The molecule has 5 heteroatoms. The second-order valence-electron chi connectivity index (χ2n) is 3.67. The zero-order valence-corrected chi connectivity index (χ0v) is 9.48. The van der Waals surface area contributed by atoms with Crippen LogP contribution in [0.5, 0.6) is 0 Å². The molecular formula is C12H16N2O3. The highest BCUT2D eigenvalue weighted by Gasteiger charge is 2.04. The van der Waals surface area contributed by atoms with Gasteiger partial charge in [-0.25, -0.2) is 0 Å². The second kappa shape index (κ2) is 6.65. The number of unbranched alkanes of at least 4 members (excludes halogenated alkanes) is 1. The molecule has 0 fully saturated rings. The second-order valence-corrected chi connectivity index (χ2v) is 3.67. The van der Waals surface area contributed by atoms with E-state index in [1.807, 2.05) is 0 Å². The number of aliphatic hydroxyl groups excluding tert-OH is 1. The molecule has 0 spiro atoms. The number of rotatable bonds is 6. The largest absolute Gasteiger partial charge is 0.396 e. The van der Waals surface area contributed by atoms with E-state index in [9.17, 15) is 9.59 Å². The van der Waals surface area contributed by atoms with Crippen molar-refractivity contribution in [1.82, 2.24) is 0 Å². The van der Waals surface area contributed by atoms with Crippen molar-refractivity contribution in [2.45, 2.75) is 19.3 Å². The molecule has 0 unspecified atom stereocenters. The average Bonchev–Trinajstić information content (AvgIpc) is 2.29. The van der Waals surface area contributed by atoms with E-state index in [4.69, 9.17) is 10.8 Å². The number of carbonyl (C=O) groups excluding carboxylic acids is 2.